The fraction of sp³-hybridized carbons (Fsp3) is 0.355. The van der Waals surface area contributed by atoms with Crippen LogP contribution in [0.1, 0.15) is 47.9 Å². The van der Waals surface area contributed by atoms with Crippen molar-refractivity contribution < 1.29 is 18.7 Å². The molecule has 2 amide bonds. The van der Waals surface area contributed by atoms with Gasteiger partial charge in [0.15, 0.2) is 6.61 Å². The number of hydrogen-bond acceptors (Lipinski definition) is 3. The first kappa shape index (κ1) is 27.6. The normalized spacial score (nSPS) is 14.2. The number of halogens is 2. The lowest BCUT2D eigenvalue weighted by atomic mass is 10.0. The minimum absolute atomic E-state index is 0.0525. The van der Waals surface area contributed by atoms with E-state index in [0.29, 0.717) is 22.8 Å². The fourth-order valence-electron chi connectivity index (χ4n) is 4.95. The van der Waals surface area contributed by atoms with Gasteiger partial charge in [-0.05, 0) is 61.6 Å². The summed E-state index contributed by atoms with van der Waals surface area (Å²) in [5, 5.41) is 3.80. The lowest BCUT2D eigenvalue weighted by Gasteiger charge is -2.32. The van der Waals surface area contributed by atoms with E-state index in [2.05, 4.69) is 5.32 Å². The molecule has 0 spiro atoms. The standard InChI is InChI=1S/C31H34ClFN2O3/c1-21-16-26(17-22(2)30(21)32)38-20-29(36)35(19-24-12-6-9-15-27(24)33)28(18-23-10-4-3-5-11-23)31(37)34-25-13-7-8-14-25/h3-6,9-12,15-17,25,28H,7-8,13-14,18-20H2,1-2H3,(H,34,37). The van der Waals surface area contributed by atoms with Crippen LogP contribution in [0.15, 0.2) is 66.7 Å². The molecule has 4 rings (SSSR count). The van der Waals surface area contributed by atoms with Crippen molar-refractivity contribution in [3.05, 3.63) is 99.8 Å². The Balaban J connectivity index is 1.63. The molecule has 1 saturated carbocycles. The molecule has 0 bridgehead atoms. The molecule has 1 fully saturated rings. The number of nitrogens with one attached hydrogen (secondary N) is 1. The van der Waals surface area contributed by atoms with Crippen molar-refractivity contribution in [1.82, 2.24) is 10.2 Å². The van der Waals surface area contributed by atoms with Gasteiger partial charge < -0.3 is 15.0 Å². The number of amides is 2. The van der Waals surface area contributed by atoms with Crippen LogP contribution in [-0.2, 0) is 22.6 Å². The number of benzene rings is 3. The van der Waals surface area contributed by atoms with Crippen molar-refractivity contribution in [2.75, 3.05) is 6.61 Å². The number of hydrogen-bond donors (Lipinski definition) is 1. The van der Waals surface area contributed by atoms with Crippen LogP contribution in [0.2, 0.25) is 5.02 Å². The molecule has 1 N–H and O–H groups in total. The van der Waals surface area contributed by atoms with Crippen LogP contribution in [-0.4, -0.2) is 35.4 Å². The number of aryl methyl sites for hydroxylation is 2. The molecule has 0 heterocycles. The van der Waals surface area contributed by atoms with E-state index < -0.39 is 17.8 Å². The molecule has 38 heavy (non-hydrogen) atoms. The van der Waals surface area contributed by atoms with Crippen LogP contribution in [0.4, 0.5) is 4.39 Å². The number of nitrogens with zero attached hydrogens (tertiary/aromatic N) is 1. The Labute approximate surface area is 228 Å². The summed E-state index contributed by atoms with van der Waals surface area (Å²) < 4.78 is 20.6. The van der Waals surface area contributed by atoms with Gasteiger partial charge in [0.1, 0.15) is 17.6 Å². The maximum absolute atomic E-state index is 14.7. The van der Waals surface area contributed by atoms with Crippen molar-refractivity contribution in [3.8, 4) is 5.75 Å². The third kappa shape index (κ3) is 7.13. The minimum atomic E-state index is -0.831. The van der Waals surface area contributed by atoms with Crippen LogP contribution >= 0.6 is 11.6 Å². The minimum Gasteiger partial charge on any atom is -0.484 e. The Morgan fingerprint density at radius 2 is 1.66 bits per heavy atom. The molecule has 1 atom stereocenters. The quantitative estimate of drug-likeness (QED) is 0.337. The summed E-state index contributed by atoms with van der Waals surface area (Å²) in [6.07, 6.45) is 4.28. The second-order valence-electron chi connectivity index (χ2n) is 9.97. The summed E-state index contributed by atoms with van der Waals surface area (Å²) >= 11 is 6.28. The van der Waals surface area contributed by atoms with Gasteiger partial charge in [-0.25, -0.2) is 4.39 Å². The molecular weight excluding hydrogens is 503 g/mol. The van der Waals surface area contributed by atoms with E-state index in [9.17, 15) is 14.0 Å². The van der Waals surface area contributed by atoms with E-state index in [-0.39, 0.29) is 25.1 Å². The number of rotatable bonds is 10. The molecule has 0 aromatic heterocycles. The van der Waals surface area contributed by atoms with Gasteiger partial charge >= 0.3 is 0 Å². The molecule has 1 aliphatic rings. The van der Waals surface area contributed by atoms with Crippen LogP contribution in [0.5, 0.6) is 5.75 Å². The predicted molar refractivity (Wildman–Crippen MR) is 148 cm³/mol. The summed E-state index contributed by atoms with van der Waals surface area (Å²) in [6.45, 7) is 3.40. The SMILES string of the molecule is Cc1cc(OCC(=O)N(Cc2ccccc2F)C(Cc2ccccc2)C(=O)NC2CCCC2)cc(C)c1Cl. The topological polar surface area (TPSA) is 58.6 Å². The van der Waals surface area contributed by atoms with Crippen LogP contribution in [0.25, 0.3) is 0 Å². The van der Waals surface area contributed by atoms with Crippen molar-refractivity contribution >= 4 is 23.4 Å². The summed E-state index contributed by atoms with van der Waals surface area (Å²) in [6, 6.07) is 18.7. The average molecular weight is 537 g/mol. The predicted octanol–water partition coefficient (Wildman–Crippen LogP) is 6.17. The highest BCUT2D eigenvalue weighted by Crippen LogP contribution is 2.26. The molecule has 200 valence electrons. The molecular formula is C31H34ClFN2O3. The first-order chi connectivity index (χ1) is 18.3. The Bertz CT molecular complexity index is 1240. The summed E-state index contributed by atoms with van der Waals surface area (Å²) in [7, 11) is 0. The third-order valence-corrected chi connectivity index (χ3v) is 7.64. The molecule has 0 saturated heterocycles. The summed E-state index contributed by atoms with van der Waals surface area (Å²) in [4.78, 5) is 28.8. The maximum Gasteiger partial charge on any atom is 0.261 e. The molecule has 3 aromatic rings. The van der Waals surface area contributed by atoms with Crippen molar-refractivity contribution in [2.45, 2.75) is 64.6 Å². The van der Waals surface area contributed by atoms with Gasteiger partial charge in [-0.15, -0.1) is 0 Å². The molecule has 0 aliphatic heterocycles. The summed E-state index contributed by atoms with van der Waals surface area (Å²) in [5.74, 6) is -0.548. The smallest absolute Gasteiger partial charge is 0.261 e. The van der Waals surface area contributed by atoms with Gasteiger partial charge in [0.2, 0.25) is 5.91 Å². The maximum atomic E-state index is 14.7. The Morgan fingerprint density at radius 1 is 1.03 bits per heavy atom. The van der Waals surface area contributed by atoms with E-state index in [4.69, 9.17) is 16.3 Å². The fourth-order valence-corrected chi connectivity index (χ4v) is 5.06. The molecule has 3 aromatic carbocycles. The van der Waals surface area contributed by atoms with Crippen molar-refractivity contribution in [1.29, 1.82) is 0 Å². The number of ether oxygens (including phenoxy) is 1. The highest BCUT2D eigenvalue weighted by molar-refractivity contribution is 6.32. The highest BCUT2D eigenvalue weighted by Gasteiger charge is 2.33. The van der Waals surface area contributed by atoms with E-state index in [1.54, 1.807) is 30.3 Å². The van der Waals surface area contributed by atoms with Crippen molar-refractivity contribution in [2.24, 2.45) is 0 Å². The van der Waals surface area contributed by atoms with E-state index in [0.717, 1.165) is 42.4 Å². The third-order valence-electron chi connectivity index (χ3n) is 7.04. The molecule has 5 nitrogen and oxygen atoms in total. The van der Waals surface area contributed by atoms with Crippen LogP contribution in [0, 0.1) is 19.7 Å². The zero-order chi connectivity index (χ0) is 27.1. The van der Waals surface area contributed by atoms with Crippen LogP contribution in [0.3, 0.4) is 0 Å². The lowest BCUT2D eigenvalue weighted by molar-refractivity contribution is -0.143. The van der Waals surface area contributed by atoms with E-state index in [1.807, 2.05) is 44.2 Å². The second kappa shape index (κ2) is 12.9. The monoisotopic (exact) mass is 536 g/mol. The highest BCUT2D eigenvalue weighted by atomic mass is 35.5. The van der Waals surface area contributed by atoms with Gasteiger partial charge in [0.25, 0.3) is 5.91 Å². The van der Waals surface area contributed by atoms with Gasteiger partial charge in [-0.2, -0.15) is 0 Å². The first-order valence-corrected chi connectivity index (χ1v) is 13.5. The zero-order valence-electron chi connectivity index (χ0n) is 21.9. The Morgan fingerprint density at radius 3 is 2.32 bits per heavy atom. The molecule has 1 aliphatic carbocycles. The van der Waals surface area contributed by atoms with E-state index in [1.165, 1.54) is 11.0 Å². The Hall–Kier alpha value is -3.38. The largest absolute Gasteiger partial charge is 0.484 e. The zero-order valence-corrected chi connectivity index (χ0v) is 22.6. The van der Waals surface area contributed by atoms with Gasteiger partial charge in [0.05, 0.1) is 0 Å². The average Bonchev–Trinajstić information content (AvgIpc) is 3.42. The molecule has 7 heteroatoms. The van der Waals surface area contributed by atoms with Gasteiger partial charge in [0, 0.05) is 29.6 Å². The number of carbonyl (C=O) groups is 2. The molecule has 1 unspecified atom stereocenters. The van der Waals surface area contributed by atoms with Gasteiger partial charge in [-0.3, -0.25) is 9.59 Å². The van der Waals surface area contributed by atoms with E-state index >= 15 is 0 Å². The second-order valence-corrected chi connectivity index (χ2v) is 10.3. The molecule has 0 radical (unpaired) electrons. The van der Waals surface area contributed by atoms with Crippen LogP contribution < -0.4 is 10.1 Å². The first-order valence-electron chi connectivity index (χ1n) is 13.1. The number of carbonyl (C=O) groups excluding carboxylic acids is 2. The van der Waals surface area contributed by atoms with Gasteiger partial charge in [-0.1, -0.05) is 73.0 Å². The Kier molecular flexibility index (Phi) is 9.40. The van der Waals surface area contributed by atoms with Crippen molar-refractivity contribution in [3.63, 3.8) is 0 Å². The summed E-state index contributed by atoms with van der Waals surface area (Å²) in [5.41, 5.74) is 2.94. The lowest BCUT2D eigenvalue weighted by Crippen LogP contribution is -2.53.